The number of rotatable bonds is 5. The zero-order valence-corrected chi connectivity index (χ0v) is 10.2. The Morgan fingerprint density at radius 2 is 2.33 bits per heavy atom. The molecule has 96 valence electrons. The Morgan fingerprint density at radius 3 is 3.00 bits per heavy atom. The Hall–Kier alpha value is -1.88. The van der Waals surface area contributed by atoms with E-state index in [9.17, 15) is 9.50 Å². The first-order chi connectivity index (χ1) is 8.72. The predicted octanol–water partition coefficient (Wildman–Crippen LogP) is 2.50. The Labute approximate surface area is 105 Å². The molecule has 0 spiro atoms. The summed E-state index contributed by atoms with van der Waals surface area (Å²) in [5, 5.41) is 12.8. The lowest BCUT2D eigenvalue weighted by atomic mass is 10.1. The standard InChI is InChI=1S/C13H16FN3O/c1-2-11(13-15-6-7-16-13)17-8-9-4-3-5-10(14)12(9)18/h3-7,11,17-18H,2,8H2,1H3,(H,15,16). The zero-order valence-electron chi connectivity index (χ0n) is 10.2. The predicted molar refractivity (Wildman–Crippen MR) is 66.5 cm³/mol. The van der Waals surface area contributed by atoms with Crippen molar-refractivity contribution in [2.75, 3.05) is 0 Å². The molecule has 1 unspecified atom stereocenters. The van der Waals surface area contributed by atoms with Gasteiger partial charge in [-0.3, -0.25) is 0 Å². The van der Waals surface area contributed by atoms with E-state index < -0.39 is 5.82 Å². The van der Waals surface area contributed by atoms with Gasteiger partial charge in [-0.15, -0.1) is 0 Å². The Balaban J connectivity index is 2.04. The highest BCUT2D eigenvalue weighted by molar-refractivity contribution is 5.33. The van der Waals surface area contributed by atoms with E-state index in [1.807, 2.05) is 6.92 Å². The number of benzene rings is 1. The number of aromatic hydroxyl groups is 1. The summed E-state index contributed by atoms with van der Waals surface area (Å²) < 4.78 is 13.2. The van der Waals surface area contributed by atoms with Gasteiger partial charge in [0.25, 0.3) is 0 Å². The van der Waals surface area contributed by atoms with Crippen LogP contribution in [-0.4, -0.2) is 15.1 Å². The highest BCUT2D eigenvalue weighted by Gasteiger charge is 2.12. The molecule has 2 aromatic rings. The fourth-order valence-electron chi connectivity index (χ4n) is 1.84. The first kappa shape index (κ1) is 12.6. The maximum atomic E-state index is 13.2. The van der Waals surface area contributed by atoms with Gasteiger partial charge in [0, 0.05) is 24.5 Å². The largest absolute Gasteiger partial charge is 0.505 e. The lowest BCUT2D eigenvalue weighted by molar-refractivity contribution is 0.417. The third-order valence-corrected chi connectivity index (χ3v) is 2.87. The quantitative estimate of drug-likeness (QED) is 0.763. The van der Waals surface area contributed by atoms with Crippen molar-refractivity contribution in [3.8, 4) is 5.75 Å². The average Bonchev–Trinajstić information content (AvgIpc) is 2.89. The van der Waals surface area contributed by atoms with Crippen molar-refractivity contribution in [3.05, 3.63) is 47.8 Å². The third kappa shape index (κ3) is 2.68. The third-order valence-electron chi connectivity index (χ3n) is 2.87. The van der Waals surface area contributed by atoms with Gasteiger partial charge in [0.1, 0.15) is 5.82 Å². The summed E-state index contributed by atoms with van der Waals surface area (Å²) in [6, 6.07) is 4.57. The number of nitrogens with one attached hydrogen (secondary N) is 2. The fourth-order valence-corrected chi connectivity index (χ4v) is 1.84. The number of nitrogens with zero attached hydrogens (tertiary/aromatic N) is 1. The van der Waals surface area contributed by atoms with Gasteiger partial charge in [-0.25, -0.2) is 9.37 Å². The molecule has 1 atom stereocenters. The van der Waals surface area contributed by atoms with Gasteiger partial charge < -0.3 is 15.4 Å². The van der Waals surface area contributed by atoms with E-state index in [0.29, 0.717) is 12.1 Å². The van der Waals surface area contributed by atoms with Crippen LogP contribution in [0.2, 0.25) is 0 Å². The van der Waals surface area contributed by atoms with E-state index in [0.717, 1.165) is 12.2 Å². The molecule has 0 radical (unpaired) electrons. The number of aromatic amines is 1. The number of H-pyrrole nitrogens is 1. The minimum absolute atomic E-state index is 0.0580. The van der Waals surface area contributed by atoms with Crippen LogP contribution in [0.1, 0.15) is 30.8 Å². The first-order valence-corrected chi connectivity index (χ1v) is 5.91. The second-order valence-corrected chi connectivity index (χ2v) is 4.06. The Bertz CT molecular complexity index is 499. The number of hydrogen-bond acceptors (Lipinski definition) is 3. The van der Waals surface area contributed by atoms with Crippen LogP contribution in [0.15, 0.2) is 30.6 Å². The molecule has 5 heteroatoms. The van der Waals surface area contributed by atoms with Crippen molar-refractivity contribution in [1.29, 1.82) is 0 Å². The molecule has 0 saturated heterocycles. The van der Waals surface area contributed by atoms with Gasteiger partial charge in [-0.05, 0) is 12.5 Å². The van der Waals surface area contributed by atoms with E-state index in [4.69, 9.17) is 0 Å². The molecule has 0 bridgehead atoms. The highest BCUT2D eigenvalue weighted by atomic mass is 19.1. The van der Waals surface area contributed by atoms with Crippen molar-refractivity contribution >= 4 is 0 Å². The van der Waals surface area contributed by atoms with E-state index in [-0.39, 0.29) is 11.8 Å². The molecule has 4 nitrogen and oxygen atoms in total. The molecule has 1 aromatic heterocycles. The van der Waals surface area contributed by atoms with Gasteiger partial charge in [0.2, 0.25) is 0 Å². The second kappa shape index (κ2) is 5.64. The lowest BCUT2D eigenvalue weighted by Crippen LogP contribution is -2.21. The summed E-state index contributed by atoms with van der Waals surface area (Å²) in [6.45, 7) is 2.43. The molecule has 3 N–H and O–H groups in total. The van der Waals surface area contributed by atoms with Crippen molar-refractivity contribution in [3.63, 3.8) is 0 Å². The summed E-state index contributed by atoms with van der Waals surface area (Å²) in [7, 11) is 0. The van der Waals surface area contributed by atoms with Gasteiger partial charge in [0.15, 0.2) is 11.6 Å². The molecular formula is C13H16FN3O. The number of hydrogen-bond donors (Lipinski definition) is 3. The molecule has 1 aromatic carbocycles. The van der Waals surface area contributed by atoms with Crippen LogP contribution < -0.4 is 5.32 Å². The topological polar surface area (TPSA) is 60.9 Å². The van der Waals surface area contributed by atoms with Crippen molar-refractivity contribution < 1.29 is 9.50 Å². The molecule has 0 amide bonds. The second-order valence-electron chi connectivity index (χ2n) is 4.06. The molecule has 0 saturated carbocycles. The van der Waals surface area contributed by atoms with E-state index in [1.165, 1.54) is 6.07 Å². The van der Waals surface area contributed by atoms with Crippen molar-refractivity contribution in [1.82, 2.24) is 15.3 Å². The molecule has 18 heavy (non-hydrogen) atoms. The van der Waals surface area contributed by atoms with E-state index in [2.05, 4.69) is 15.3 Å². The van der Waals surface area contributed by atoms with Crippen LogP contribution >= 0.6 is 0 Å². The summed E-state index contributed by atoms with van der Waals surface area (Å²) >= 11 is 0. The van der Waals surface area contributed by atoms with Gasteiger partial charge >= 0.3 is 0 Å². The number of imidazole rings is 1. The average molecular weight is 249 g/mol. The number of phenolic OH excluding ortho intramolecular Hbond substituents is 1. The van der Waals surface area contributed by atoms with Gasteiger partial charge in [-0.2, -0.15) is 0 Å². The van der Waals surface area contributed by atoms with Gasteiger partial charge in [-0.1, -0.05) is 19.1 Å². The maximum absolute atomic E-state index is 13.2. The molecule has 0 aliphatic heterocycles. The number of aromatic nitrogens is 2. The maximum Gasteiger partial charge on any atom is 0.165 e. The number of halogens is 1. The smallest absolute Gasteiger partial charge is 0.165 e. The summed E-state index contributed by atoms with van der Waals surface area (Å²) in [4.78, 5) is 7.23. The number of para-hydroxylation sites is 1. The van der Waals surface area contributed by atoms with Crippen LogP contribution in [0.3, 0.4) is 0 Å². The molecule has 2 rings (SSSR count). The summed E-state index contributed by atoms with van der Waals surface area (Å²) in [5.74, 6) is -0.0481. The van der Waals surface area contributed by atoms with Crippen molar-refractivity contribution in [2.24, 2.45) is 0 Å². The van der Waals surface area contributed by atoms with Crippen LogP contribution in [0, 0.1) is 5.82 Å². The Kier molecular flexibility index (Phi) is 3.94. The normalized spacial score (nSPS) is 12.6. The highest BCUT2D eigenvalue weighted by Crippen LogP contribution is 2.21. The zero-order chi connectivity index (χ0) is 13.0. The molecule has 0 aliphatic carbocycles. The lowest BCUT2D eigenvalue weighted by Gasteiger charge is -2.15. The van der Waals surface area contributed by atoms with E-state index in [1.54, 1.807) is 24.5 Å². The first-order valence-electron chi connectivity index (χ1n) is 5.91. The summed E-state index contributed by atoms with van der Waals surface area (Å²) in [5.41, 5.74) is 0.542. The number of phenols is 1. The Morgan fingerprint density at radius 1 is 1.50 bits per heavy atom. The minimum Gasteiger partial charge on any atom is -0.505 e. The van der Waals surface area contributed by atoms with Crippen LogP contribution in [0.4, 0.5) is 4.39 Å². The van der Waals surface area contributed by atoms with Crippen LogP contribution in [0.5, 0.6) is 5.75 Å². The fraction of sp³-hybridized carbons (Fsp3) is 0.308. The molecule has 0 fully saturated rings. The van der Waals surface area contributed by atoms with Crippen LogP contribution in [-0.2, 0) is 6.54 Å². The van der Waals surface area contributed by atoms with Crippen molar-refractivity contribution in [2.45, 2.75) is 25.9 Å². The van der Waals surface area contributed by atoms with Gasteiger partial charge in [0.05, 0.1) is 6.04 Å². The SMILES string of the molecule is CCC(NCc1cccc(F)c1O)c1ncc[nH]1. The minimum atomic E-state index is -0.597. The summed E-state index contributed by atoms with van der Waals surface area (Å²) in [6.07, 6.45) is 4.31. The monoisotopic (exact) mass is 249 g/mol. The van der Waals surface area contributed by atoms with E-state index >= 15 is 0 Å². The molecule has 0 aliphatic rings. The molecular weight excluding hydrogens is 233 g/mol. The molecule has 1 heterocycles. The van der Waals surface area contributed by atoms with Crippen LogP contribution in [0.25, 0.3) is 0 Å².